The first kappa shape index (κ1) is 18.7. The number of fused-ring (bicyclic) bond motifs is 5. The van der Waals surface area contributed by atoms with Gasteiger partial charge in [-0.2, -0.15) is 0 Å². The van der Waals surface area contributed by atoms with E-state index in [1.165, 1.54) is 12.0 Å². The smallest absolute Gasteiger partial charge is 0.344 e. The molecule has 4 aliphatic carbocycles. The van der Waals surface area contributed by atoms with Gasteiger partial charge in [-0.25, -0.2) is 4.79 Å². The Bertz CT molecular complexity index is 737. The fourth-order valence-electron chi connectivity index (χ4n) is 6.67. The van der Waals surface area contributed by atoms with Crippen LogP contribution in [0.4, 0.5) is 0 Å². The van der Waals surface area contributed by atoms with Crippen LogP contribution in [0.5, 0.6) is 0 Å². The molecule has 5 nitrogen and oxygen atoms in total. The van der Waals surface area contributed by atoms with Gasteiger partial charge in [-0.15, -0.1) is 0 Å². The second-order valence-electron chi connectivity index (χ2n) is 9.65. The molecular formula is C22H31NO4. The zero-order chi connectivity index (χ0) is 19.4. The summed E-state index contributed by atoms with van der Waals surface area (Å²) in [7, 11) is 0. The van der Waals surface area contributed by atoms with Crippen molar-refractivity contribution in [2.75, 3.05) is 6.61 Å². The Balaban J connectivity index is 1.57. The fraction of sp³-hybridized carbons (Fsp3) is 0.727. The largest absolute Gasteiger partial charge is 0.479 e. The second kappa shape index (κ2) is 6.20. The molecule has 0 radical (unpaired) electrons. The normalized spacial score (nSPS) is 47.0. The Morgan fingerprint density at radius 2 is 1.96 bits per heavy atom. The molecule has 4 aliphatic rings. The first-order valence-electron chi connectivity index (χ1n) is 10.2. The molecule has 5 heteroatoms. The third kappa shape index (κ3) is 2.77. The molecule has 148 valence electrons. The number of hydrogen-bond acceptors (Lipinski definition) is 4. The lowest BCUT2D eigenvalue weighted by Crippen LogP contribution is -2.53. The van der Waals surface area contributed by atoms with Gasteiger partial charge in [0.05, 0.1) is 5.60 Å². The Morgan fingerprint density at radius 1 is 1.22 bits per heavy atom. The third-order valence-corrected chi connectivity index (χ3v) is 8.49. The van der Waals surface area contributed by atoms with Gasteiger partial charge in [-0.1, -0.05) is 30.7 Å². The average molecular weight is 373 g/mol. The topological polar surface area (TPSA) is 79.1 Å². The molecule has 0 aliphatic heterocycles. The molecule has 0 bridgehead atoms. The van der Waals surface area contributed by atoms with Crippen LogP contribution in [0, 0.1) is 28.6 Å². The predicted octanol–water partition coefficient (Wildman–Crippen LogP) is 3.93. The molecule has 0 aromatic rings. The molecular weight excluding hydrogens is 342 g/mol. The Labute approximate surface area is 161 Å². The number of carboxylic acid groups (broad SMARTS) is 1. The molecule has 2 N–H and O–H groups in total. The van der Waals surface area contributed by atoms with Crippen molar-refractivity contribution in [3.05, 3.63) is 23.8 Å². The monoisotopic (exact) mass is 373 g/mol. The van der Waals surface area contributed by atoms with Crippen molar-refractivity contribution in [2.45, 2.75) is 64.9 Å². The van der Waals surface area contributed by atoms with Crippen molar-refractivity contribution in [3.63, 3.8) is 0 Å². The molecule has 3 fully saturated rings. The number of aliphatic hydroxyl groups is 1. The summed E-state index contributed by atoms with van der Waals surface area (Å²) in [5.74, 6) is 0.843. The number of allylic oxidation sites excluding steroid dienone is 4. The Kier molecular flexibility index (Phi) is 4.30. The lowest BCUT2D eigenvalue weighted by Gasteiger charge is -2.58. The summed E-state index contributed by atoms with van der Waals surface area (Å²) in [5.41, 5.74) is 1.62. The lowest BCUT2D eigenvalue weighted by atomic mass is 9.47. The number of oxime groups is 1. The van der Waals surface area contributed by atoms with Crippen LogP contribution in [0.15, 0.2) is 29.0 Å². The van der Waals surface area contributed by atoms with E-state index in [-0.39, 0.29) is 10.8 Å². The SMILES string of the molecule is C[C@]12C=C/C(=N/OCC(=O)O)C=C1CC[C@@H]1[C@@H]2CC[C@@]2(C)[C@H]1CC[C@]2(C)O. The second-order valence-corrected chi connectivity index (χ2v) is 9.65. The van der Waals surface area contributed by atoms with Gasteiger partial charge in [-0.3, -0.25) is 0 Å². The standard InChI is InChI=1S/C22H31NO4/c1-20-9-6-15(23-27-13-19(24)25)12-14(20)4-5-16-17(20)7-10-21(2)18(16)8-11-22(21,3)26/h6,9,12,16-18,26H,4-5,7-8,10-11,13H2,1-3H3,(H,24,25)/b23-15-/t16-,17+,18+,20+,21+,22+/m1/s1. The summed E-state index contributed by atoms with van der Waals surface area (Å²) in [6.07, 6.45) is 12.8. The van der Waals surface area contributed by atoms with Crippen molar-refractivity contribution >= 4 is 11.7 Å². The predicted molar refractivity (Wildman–Crippen MR) is 103 cm³/mol. The first-order chi connectivity index (χ1) is 12.7. The van der Waals surface area contributed by atoms with Crippen LogP contribution in [-0.2, 0) is 9.63 Å². The summed E-state index contributed by atoms with van der Waals surface area (Å²) in [4.78, 5) is 15.5. The van der Waals surface area contributed by atoms with E-state index < -0.39 is 18.2 Å². The van der Waals surface area contributed by atoms with Crippen molar-refractivity contribution in [2.24, 2.45) is 33.7 Å². The van der Waals surface area contributed by atoms with Crippen molar-refractivity contribution in [1.82, 2.24) is 0 Å². The molecule has 6 atom stereocenters. The van der Waals surface area contributed by atoms with Crippen LogP contribution in [-0.4, -0.2) is 34.1 Å². The molecule has 0 aromatic heterocycles. The van der Waals surface area contributed by atoms with E-state index >= 15 is 0 Å². The lowest BCUT2D eigenvalue weighted by molar-refractivity contribution is -0.142. The first-order valence-corrected chi connectivity index (χ1v) is 10.2. The van der Waals surface area contributed by atoms with Crippen LogP contribution < -0.4 is 0 Å². The molecule has 0 aromatic carbocycles. The number of rotatable bonds is 3. The molecule has 3 saturated carbocycles. The number of hydrogen-bond donors (Lipinski definition) is 2. The molecule has 0 spiro atoms. The number of carboxylic acids is 1. The average Bonchev–Trinajstić information content (AvgIpc) is 2.84. The van der Waals surface area contributed by atoms with E-state index in [4.69, 9.17) is 9.94 Å². The van der Waals surface area contributed by atoms with Gasteiger partial charge < -0.3 is 15.1 Å². The highest BCUT2D eigenvalue weighted by atomic mass is 16.6. The van der Waals surface area contributed by atoms with Gasteiger partial charge in [0.2, 0.25) is 6.61 Å². The van der Waals surface area contributed by atoms with E-state index in [1.807, 2.05) is 13.0 Å². The van der Waals surface area contributed by atoms with Crippen LogP contribution >= 0.6 is 0 Å². The van der Waals surface area contributed by atoms with Gasteiger partial charge in [0.1, 0.15) is 5.71 Å². The van der Waals surface area contributed by atoms with Crippen molar-refractivity contribution in [1.29, 1.82) is 0 Å². The summed E-state index contributed by atoms with van der Waals surface area (Å²) >= 11 is 0. The van der Waals surface area contributed by atoms with Gasteiger partial charge in [0.15, 0.2) is 0 Å². The quantitative estimate of drug-likeness (QED) is 0.735. The molecule has 4 rings (SSSR count). The molecule has 0 saturated heterocycles. The minimum absolute atomic E-state index is 0.0323. The van der Waals surface area contributed by atoms with Crippen LogP contribution in [0.3, 0.4) is 0 Å². The fourth-order valence-corrected chi connectivity index (χ4v) is 6.67. The Morgan fingerprint density at radius 3 is 2.70 bits per heavy atom. The van der Waals surface area contributed by atoms with Gasteiger partial charge >= 0.3 is 5.97 Å². The van der Waals surface area contributed by atoms with Crippen molar-refractivity contribution < 1.29 is 19.8 Å². The van der Waals surface area contributed by atoms with Crippen LogP contribution in [0.2, 0.25) is 0 Å². The summed E-state index contributed by atoms with van der Waals surface area (Å²) in [5, 5.41) is 23.7. The van der Waals surface area contributed by atoms with E-state index in [9.17, 15) is 9.90 Å². The summed E-state index contributed by atoms with van der Waals surface area (Å²) in [6.45, 7) is 6.29. The van der Waals surface area contributed by atoms with E-state index in [1.54, 1.807) is 0 Å². The molecule has 0 unspecified atom stereocenters. The summed E-state index contributed by atoms with van der Waals surface area (Å²) < 4.78 is 0. The van der Waals surface area contributed by atoms with Crippen molar-refractivity contribution in [3.8, 4) is 0 Å². The maximum atomic E-state index is 11.0. The third-order valence-electron chi connectivity index (χ3n) is 8.49. The Hall–Kier alpha value is -1.62. The molecule has 27 heavy (non-hydrogen) atoms. The van der Waals surface area contributed by atoms with Crippen LogP contribution in [0.1, 0.15) is 59.3 Å². The van der Waals surface area contributed by atoms with Gasteiger partial charge in [-0.05, 0) is 80.8 Å². The van der Waals surface area contributed by atoms with Gasteiger partial charge in [0, 0.05) is 5.41 Å². The number of nitrogens with zero attached hydrogens (tertiary/aromatic N) is 1. The van der Waals surface area contributed by atoms with Gasteiger partial charge in [0.25, 0.3) is 0 Å². The van der Waals surface area contributed by atoms with E-state index in [0.29, 0.717) is 23.5 Å². The number of carbonyl (C=O) groups is 1. The molecule has 0 heterocycles. The minimum atomic E-state index is -1.02. The number of aliphatic carboxylic acids is 1. The maximum Gasteiger partial charge on any atom is 0.344 e. The highest BCUT2D eigenvalue weighted by molar-refractivity contribution is 6.05. The maximum absolute atomic E-state index is 11.0. The van der Waals surface area contributed by atoms with E-state index in [0.717, 1.165) is 32.1 Å². The highest BCUT2D eigenvalue weighted by Gasteiger charge is 2.61. The minimum Gasteiger partial charge on any atom is -0.479 e. The summed E-state index contributed by atoms with van der Waals surface area (Å²) in [6, 6.07) is 0. The molecule has 0 amide bonds. The van der Waals surface area contributed by atoms with Crippen LogP contribution in [0.25, 0.3) is 0 Å². The zero-order valence-electron chi connectivity index (χ0n) is 16.6. The van der Waals surface area contributed by atoms with E-state index in [2.05, 4.69) is 31.2 Å². The highest BCUT2D eigenvalue weighted by Crippen LogP contribution is 2.66. The zero-order valence-corrected chi connectivity index (χ0v) is 16.6.